The van der Waals surface area contributed by atoms with Crippen LogP contribution in [0.1, 0.15) is 43.1 Å². The van der Waals surface area contributed by atoms with Gasteiger partial charge in [0.25, 0.3) is 0 Å². The molecule has 0 aliphatic carbocycles. The number of carboxylic acid groups (broad SMARTS) is 1. The first-order chi connectivity index (χ1) is 8.49. The summed E-state index contributed by atoms with van der Waals surface area (Å²) in [5, 5.41) is 17.6. The number of carbonyl (C=O) groups is 1. The molecule has 1 N–H and O–H groups in total. The van der Waals surface area contributed by atoms with Crippen LogP contribution in [0.25, 0.3) is 0 Å². The van der Waals surface area contributed by atoms with Crippen LogP contribution < -0.4 is 0 Å². The van der Waals surface area contributed by atoms with E-state index < -0.39 is 5.97 Å². The van der Waals surface area contributed by atoms with Crippen LogP contribution in [0.2, 0.25) is 0 Å². The van der Waals surface area contributed by atoms with E-state index in [1.807, 2.05) is 20.8 Å². The molecule has 5 heteroatoms. The van der Waals surface area contributed by atoms with Gasteiger partial charge in [0.1, 0.15) is 5.76 Å². The van der Waals surface area contributed by atoms with Gasteiger partial charge in [0, 0.05) is 6.54 Å². The minimum Gasteiger partial charge on any atom is -0.475 e. The quantitative estimate of drug-likeness (QED) is 0.839. The second-order valence-corrected chi connectivity index (χ2v) is 4.30. The lowest BCUT2D eigenvalue weighted by Gasteiger charge is -2.27. The molecule has 0 aliphatic heterocycles. The van der Waals surface area contributed by atoms with Gasteiger partial charge in [0.2, 0.25) is 5.76 Å². The van der Waals surface area contributed by atoms with Crippen LogP contribution in [-0.4, -0.2) is 29.1 Å². The maximum absolute atomic E-state index is 10.7. The zero-order valence-electron chi connectivity index (χ0n) is 10.9. The monoisotopic (exact) mass is 250 g/mol. The maximum Gasteiger partial charge on any atom is 0.371 e. The van der Waals surface area contributed by atoms with Crippen LogP contribution in [0.4, 0.5) is 0 Å². The Morgan fingerprint density at radius 3 is 2.67 bits per heavy atom. The highest BCUT2D eigenvalue weighted by molar-refractivity contribution is 5.84. The Balaban J connectivity index is 2.79. The van der Waals surface area contributed by atoms with Gasteiger partial charge in [-0.3, -0.25) is 4.90 Å². The smallest absolute Gasteiger partial charge is 0.371 e. The van der Waals surface area contributed by atoms with Gasteiger partial charge in [-0.25, -0.2) is 4.79 Å². The van der Waals surface area contributed by atoms with Crippen molar-refractivity contribution in [2.75, 3.05) is 13.1 Å². The maximum atomic E-state index is 10.7. The topological polar surface area (TPSA) is 77.5 Å². The van der Waals surface area contributed by atoms with E-state index in [-0.39, 0.29) is 17.7 Å². The van der Waals surface area contributed by atoms with Crippen LogP contribution >= 0.6 is 0 Å². The summed E-state index contributed by atoms with van der Waals surface area (Å²) in [5.41, 5.74) is 0. The molecule has 0 fully saturated rings. The summed E-state index contributed by atoms with van der Waals surface area (Å²) in [6.45, 7) is 7.22. The Labute approximate surface area is 107 Å². The molecule has 2 atom stereocenters. The third-order valence-corrected chi connectivity index (χ3v) is 2.93. The third kappa shape index (κ3) is 3.34. The predicted octanol–water partition coefficient (Wildman–Crippen LogP) is 2.52. The fourth-order valence-electron chi connectivity index (χ4n) is 1.83. The van der Waals surface area contributed by atoms with Crippen molar-refractivity contribution in [1.29, 1.82) is 5.26 Å². The molecule has 5 nitrogen and oxygen atoms in total. The van der Waals surface area contributed by atoms with Crippen LogP contribution in [0.3, 0.4) is 0 Å². The van der Waals surface area contributed by atoms with E-state index in [2.05, 4.69) is 11.0 Å². The highest BCUT2D eigenvalue weighted by Crippen LogP contribution is 2.23. The molecule has 1 aromatic heterocycles. The minimum absolute atomic E-state index is 0.0427. The van der Waals surface area contributed by atoms with Crippen molar-refractivity contribution in [2.45, 2.75) is 26.8 Å². The molecule has 1 heterocycles. The Hall–Kier alpha value is -1.80. The first-order valence-corrected chi connectivity index (χ1v) is 5.96. The van der Waals surface area contributed by atoms with E-state index in [0.29, 0.717) is 12.3 Å². The zero-order valence-corrected chi connectivity index (χ0v) is 10.9. The Morgan fingerprint density at radius 2 is 2.22 bits per heavy atom. The summed E-state index contributed by atoms with van der Waals surface area (Å²) < 4.78 is 5.28. The summed E-state index contributed by atoms with van der Waals surface area (Å²) in [4.78, 5) is 12.8. The molecule has 1 rings (SSSR count). The molecule has 0 radical (unpaired) electrons. The number of nitriles is 1. The number of rotatable bonds is 6. The van der Waals surface area contributed by atoms with E-state index in [4.69, 9.17) is 14.8 Å². The van der Waals surface area contributed by atoms with Gasteiger partial charge in [-0.1, -0.05) is 6.92 Å². The highest BCUT2D eigenvalue weighted by atomic mass is 16.4. The van der Waals surface area contributed by atoms with Crippen molar-refractivity contribution in [2.24, 2.45) is 5.92 Å². The Kier molecular flexibility index (Phi) is 4.93. The fraction of sp³-hybridized carbons (Fsp3) is 0.538. The van der Waals surface area contributed by atoms with Gasteiger partial charge >= 0.3 is 5.97 Å². The molecule has 2 unspecified atom stereocenters. The number of nitrogens with zero attached hydrogens (tertiary/aromatic N) is 2. The molecule has 0 saturated heterocycles. The van der Waals surface area contributed by atoms with E-state index in [1.54, 1.807) is 6.07 Å². The molecule has 0 saturated carbocycles. The van der Waals surface area contributed by atoms with Gasteiger partial charge in [0.05, 0.1) is 18.0 Å². The number of hydrogen-bond acceptors (Lipinski definition) is 4. The average Bonchev–Trinajstić information content (AvgIpc) is 2.84. The zero-order chi connectivity index (χ0) is 13.7. The van der Waals surface area contributed by atoms with E-state index >= 15 is 0 Å². The number of carboxylic acids is 1. The van der Waals surface area contributed by atoms with Crippen LogP contribution in [0, 0.1) is 17.2 Å². The van der Waals surface area contributed by atoms with Gasteiger partial charge < -0.3 is 9.52 Å². The standard InChI is InChI=1S/C13H18N2O3/c1-4-15(8-9(2)7-14)10(3)11-5-6-12(18-11)13(16)17/h5-6,9-10H,4,8H2,1-3H3,(H,16,17). The minimum atomic E-state index is -1.07. The molecule has 0 amide bonds. The summed E-state index contributed by atoms with van der Waals surface area (Å²) in [5.74, 6) is -0.580. The molecule has 0 aromatic carbocycles. The molecule has 18 heavy (non-hydrogen) atoms. The largest absolute Gasteiger partial charge is 0.475 e. The van der Waals surface area contributed by atoms with Gasteiger partial charge in [0.15, 0.2) is 0 Å². The summed E-state index contributed by atoms with van der Waals surface area (Å²) in [6, 6.07) is 5.28. The summed E-state index contributed by atoms with van der Waals surface area (Å²) in [6.07, 6.45) is 0. The van der Waals surface area contributed by atoms with E-state index in [0.717, 1.165) is 6.54 Å². The van der Waals surface area contributed by atoms with Crippen LogP contribution in [0.15, 0.2) is 16.5 Å². The van der Waals surface area contributed by atoms with Crippen molar-refractivity contribution in [3.63, 3.8) is 0 Å². The van der Waals surface area contributed by atoms with Crippen molar-refractivity contribution < 1.29 is 14.3 Å². The molecule has 0 bridgehead atoms. The molecule has 0 aliphatic rings. The van der Waals surface area contributed by atoms with Crippen molar-refractivity contribution in [3.8, 4) is 6.07 Å². The van der Waals surface area contributed by atoms with Crippen LogP contribution in [-0.2, 0) is 0 Å². The van der Waals surface area contributed by atoms with Gasteiger partial charge in [-0.15, -0.1) is 0 Å². The molecular weight excluding hydrogens is 232 g/mol. The SMILES string of the molecule is CCN(CC(C)C#N)C(C)c1ccc(C(=O)O)o1. The van der Waals surface area contributed by atoms with Gasteiger partial charge in [-0.2, -0.15) is 5.26 Å². The van der Waals surface area contributed by atoms with E-state index in [9.17, 15) is 4.79 Å². The first-order valence-electron chi connectivity index (χ1n) is 5.96. The molecule has 1 aromatic rings. The number of furan rings is 1. The van der Waals surface area contributed by atoms with E-state index in [1.165, 1.54) is 6.07 Å². The van der Waals surface area contributed by atoms with Crippen molar-refractivity contribution >= 4 is 5.97 Å². The molecule has 98 valence electrons. The molecule has 0 spiro atoms. The number of aromatic carboxylic acids is 1. The van der Waals surface area contributed by atoms with Crippen molar-refractivity contribution in [1.82, 2.24) is 4.90 Å². The van der Waals surface area contributed by atoms with Crippen molar-refractivity contribution in [3.05, 3.63) is 23.7 Å². The average molecular weight is 250 g/mol. The number of hydrogen-bond donors (Lipinski definition) is 1. The highest BCUT2D eigenvalue weighted by Gasteiger charge is 2.20. The fourth-order valence-corrected chi connectivity index (χ4v) is 1.83. The predicted molar refractivity (Wildman–Crippen MR) is 66.1 cm³/mol. The second-order valence-electron chi connectivity index (χ2n) is 4.30. The summed E-state index contributed by atoms with van der Waals surface area (Å²) in [7, 11) is 0. The Morgan fingerprint density at radius 1 is 1.56 bits per heavy atom. The second kappa shape index (κ2) is 6.22. The lowest BCUT2D eigenvalue weighted by Crippen LogP contribution is -2.30. The Bertz CT molecular complexity index is 447. The lowest BCUT2D eigenvalue weighted by molar-refractivity contribution is 0.0655. The third-order valence-electron chi connectivity index (χ3n) is 2.93. The first kappa shape index (κ1) is 14.3. The summed E-state index contributed by atoms with van der Waals surface area (Å²) >= 11 is 0. The molecular formula is C13H18N2O3. The normalized spacial score (nSPS) is 14.2. The lowest BCUT2D eigenvalue weighted by atomic mass is 10.1. The van der Waals surface area contributed by atoms with Gasteiger partial charge in [-0.05, 0) is 32.5 Å². The van der Waals surface area contributed by atoms with Crippen LogP contribution in [0.5, 0.6) is 0 Å².